The Morgan fingerprint density at radius 2 is 2.18 bits per heavy atom. The second-order valence-corrected chi connectivity index (χ2v) is 3.08. The van der Waals surface area contributed by atoms with E-state index in [1.807, 2.05) is 0 Å². The van der Waals surface area contributed by atoms with Crippen LogP contribution in [0.15, 0.2) is 11.3 Å². The molecule has 0 bridgehead atoms. The van der Waals surface area contributed by atoms with Crippen LogP contribution in [0.3, 0.4) is 0 Å². The van der Waals surface area contributed by atoms with Gasteiger partial charge in [0.25, 0.3) is 0 Å². The van der Waals surface area contributed by atoms with Gasteiger partial charge in [-0.25, -0.2) is 0 Å². The summed E-state index contributed by atoms with van der Waals surface area (Å²) in [4.78, 5) is 11.0. The number of carbonyl (C=O) groups excluding carboxylic acids is 1. The molecule has 60 valence electrons. The molecule has 0 radical (unpaired) electrons. The number of rotatable bonds is 0. The fourth-order valence-corrected chi connectivity index (χ4v) is 1.62. The second-order valence-electron chi connectivity index (χ2n) is 3.08. The highest BCUT2D eigenvalue weighted by molar-refractivity contribution is 5.84. The molecular formula is C8H12N2O. The lowest BCUT2D eigenvalue weighted by Gasteiger charge is -2.25. The van der Waals surface area contributed by atoms with Crippen LogP contribution in [0.2, 0.25) is 0 Å². The van der Waals surface area contributed by atoms with E-state index in [-0.39, 0.29) is 0 Å². The zero-order valence-corrected chi connectivity index (χ0v) is 6.44. The second kappa shape index (κ2) is 2.66. The van der Waals surface area contributed by atoms with E-state index in [0.29, 0.717) is 18.7 Å². The molecule has 0 atom stereocenters. The van der Waals surface area contributed by atoms with Crippen molar-refractivity contribution in [1.29, 1.82) is 0 Å². The average molecular weight is 152 g/mol. The van der Waals surface area contributed by atoms with Crippen molar-refractivity contribution in [3.8, 4) is 0 Å². The molecule has 3 heteroatoms. The SMILES string of the molecule is O=C1CNC2=C(CNCC2)C1. The van der Waals surface area contributed by atoms with Gasteiger partial charge in [0.05, 0.1) is 6.54 Å². The molecule has 0 saturated carbocycles. The number of Topliss-reactive ketones (excluding diaryl/α,β-unsaturated/α-hetero) is 1. The van der Waals surface area contributed by atoms with Crippen LogP contribution in [0.4, 0.5) is 0 Å². The number of ketones is 1. The van der Waals surface area contributed by atoms with Gasteiger partial charge in [-0.05, 0) is 12.0 Å². The minimum Gasteiger partial charge on any atom is -0.381 e. The molecule has 2 rings (SSSR count). The third-order valence-corrected chi connectivity index (χ3v) is 2.23. The predicted octanol–water partition coefficient (Wildman–Crippen LogP) is -0.204. The van der Waals surface area contributed by atoms with Gasteiger partial charge in [0, 0.05) is 25.2 Å². The highest BCUT2D eigenvalue weighted by atomic mass is 16.1. The first-order valence-corrected chi connectivity index (χ1v) is 4.03. The molecular weight excluding hydrogens is 140 g/mol. The Hall–Kier alpha value is -0.830. The molecule has 0 saturated heterocycles. The highest BCUT2D eigenvalue weighted by Crippen LogP contribution is 2.16. The van der Waals surface area contributed by atoms with Crippen LogP contribution >= 0.6 is 0 Å². The van der Waals surface area contributed by atoms with Gasteiger partial charge in [-0.3, -0.25) is 4.79 Å². The molecule has 2 N–H and O–H groups in total. The van der Waals surface area contributed by atoms with Crippen molar-refractivity contribution < 1.29 is 4.79 Å². The Bertz CT molecular complexity index is 220. The number of hydrogen-bond donors (Lipinski definition) is 2. The molecule has 0 aromatic heterocycles. The number of carbonyl (C=O) groups is 1. The van der Waals surface area contributed by atoms with E-state index in [4.69, 9.17) is 0 Å². The topological polar surface area (TPSA) is 41.1 Å². The quantitative estimate of drug-likeness (QED) is 0.505. The smallest absolute Gasteiger partial charge is 0.156 e. The van der Waals surface area contributed by atoms with Crippen molar-refractivity contribution in [3.63, 3.8) is 0 Å². The molecule has 0 aliphatic carbocycles. The van der Waals surface area contributed by atoms with Crippen molar-refractivity contribution >= 4 is 5.78 Å². The Morgan fingerprint density at radius 3 is 3.09 bits per heavy atom. The van der Waals surface area contributed by atoms with Gasteiger partial charge in [0.2, 0.25) is 0 Å². The van der Waals surface area contributed by atoms with Crippen LogP contribution in [0.5, 0.6) is 0 Å². The lowest BCUT2D eigenvalue weighted by atomic mass is 9.99. The molecule has 0 amide bonds. The Labute approximate surface area is 65.9 Å². The van der Waals surface area contributed by atoms with Crippen LogP contribution < -0.4 is 10.6 Å². The minimum atomic E-state index is 0.312. The molecule has 0 aromatic carbocycles. The van der Waals surface area contributed by atoms with Gasteiger partial charge in [0.1, 0.15) is 0 Å². The first-order chi connectivity index (χ1) is 5.36. The molecule has 0 unspecified atom stereocenters. The Balaban J connectivity index is 2.18. The maximum absolute atomic E-state index is 11.0. The maximum atomic E-state index is 11.0. The van der Waals surface area contributed by atoms with Gasteiger partial charge >= 0.3 is 0 Å². The van der Waals surface area contributed by atoms with Crippen molar-refractivity contribution in [2.75, 3.05) is 19.6 Å². The number of nitrogens with one attached hydrogen (secondary N) is 2. The summed E-state index contributed by atoms with van der Waals surface area (Å²) in [6.07, 6.45) is 1.72. The van der Waals surface area contributed by atoms with Gasteiger partial charge < -0.3 is 10.6 Å². The molecule has 2 aliphatic rings. The van der Waals surface area contributed by atoms with Gasteiger partial charge in [-0.15, -0.1) is 0 Å². The first-order valence-electron chi connectivity index (χ1n) is 4.03. The molecule has 0 spiro atoms. The maximum Gasteiger partial charge on any atom is 0.156 e. The van der Waals surface area contributed by atoms with E-state index in [0.717, 1.165) is 19.5 Å². The highest BCUT2D eigenvalue weighted by Gasteiger charge is 2.19. The molecule has 3 nitrogen and oxygen atoms in total. The summed E-state index contributed by atoms with van der Waals surface area (Å²) >= 11 is 0. The third-order valence-electron chi connectivity index (χ3n) is 2.23. The molecule has 2 aliphatic heterocycles. The van der Waals surface area contributed by atoms with E-state index < -0.39 is 0 Å². The van der Waals surface area contributed by atoms with Crippen molar-refractivity contribution in [2.24, 2.45) is 0 Å². The minimum absolute atomic E-state index is 0.312. The summed E-state index contributed by atoms with van der Waals surface area (Å²) in [5, 5.41) is 6.42. The summed E-state index contributed by atoms with van der Waals surface area (Å²) in [5.41, 5.74) is 2.58. The van der Waals surface area contributed by atoms with E-state index in [9.17, 15) is 4.79 Å². The standard InChI is InChI=1S/C8H12N2O/c11-7-3-6-4-9-2-1-8(6)10-5-7/h9-10H,1-5H2. The van der Waals surface area contributed by atoms with E-state index in [2.05, 4.69) is 10.6 Å². The lowest BCUT2D eigenvalue weighted by Crippen LogP contribution is -2.37. The first kappa shape index (κ1) is 6.85. The summed E-state index contributed by atoms with van der Waals surface area (Å²) in [5.74, 6) is 0.312. The third kappa shape index (κ3) is 1.28. The Morgan fingerprint density at radius 1 is 1.27 bits per heavy atom. The van der Waals surface area contributed by atoms with Crippen LogP contribution in [-0.4, -0.2) is 25.4 Å². The van der Waals surface area contributed by atoms with E-state index in [1.54, 1.807) is 0 Å². The van der Waals surface area contributed by atoms with E-state index >= 15 is 0 Å². The van der Waals surface area contributed by atoms with Crippen LogP contribution in [0.1, 0.15) is 12.8 Å². The predicted molar refractivity (Wildman–Crippen MR) is 42.1 cm³/mol. The average Bonchev–Trinajstić information content (AvgIpc) is 2.04. The Kier molecular flexibility index (Phi) is 1.66. The largest absolute Gasteiger partial charge is 0.381 e. The van der Waals surface area contributed by atoms with Gasteiger partial charge in [0.15, 0.2) is 5.78 Å². The molecule has 11 heavy (non-hydrogen) atoms. The van der Waals surface area contributed by atoms with Crippen LogP contribution in [0.25, 0.3) is 0 Å². The van der Waals surface area contributed by atoms with Crippen molar-refractivity contribution in [1.82, 2.24) is 10.6 Å². The zero-order valence-electron chi connectivity index (χ0n) is 6.44. The van der Waals surface area contributed by atoms with Crippen LogP contribution in [0, 0.1) is 0 Å². The fourth-order valence-electron chi connectivity index (χ4n) is 1.62. The summed E-state index contributed by atoms with van der Waals surface area (Å²) < 4.78 is 0. The summed E-state index contributed by atoms with van der Waals surface area (Å²) in [6, 6.07) is 0. The monoisotopic (exact) mass is 152 g/mol. The van der Waals surface area contributed by atoms with Gasteiger partial charge in [-0.1, -0.05) is 0 Å². The summed E-state index contributed by atoms with van der Waals surface area (Å²) in [7, 11) is 0. The number of hydrogen-bond acceptors (Lipinski definition) is 3. The van der Waals surface area contributed by atoms with Gasteiger partial charge in [-0.2, -0.15) is 0 Å². The lowest BCUT2D eigenvalue weighted by molar-refractivity contribution is -0.117. The summed E-state index contributed by atoms with van der Waals surface area (Å²) in [6.45, 7) is 2.48. The van der Waals surface area contributed by atoms with E-state index in [1.165, 1.54) is 11.3 Å². The van der Waals surface area contributed by atoms with Crippen molar-refractivity contribution in [2.45, 2.75) is 12.8 Å². The normalized spacial score (nSPS) is 24.5. The van der Waals surface area contributed by atoms with Crippen molar-refractivity contribution in [3.05, 3.63) is 11.3 Å². The molecule has 0 aromatic rings. The molecule has 2 heterocycles. The molecule has 0 fully saturated rings. The fraction of sp³-hybridized carbons (Fsp3) is 0.625. The van der Waals surface area contributed by atoms with Crippen LogP contribution in [-0.2, 0) is 4.79 Å². The zero-order chi connectivity index (χ0) is 7.68.